The zero-order valence-corrected chi connectivity index (χ0v) is 3.92. The zero-order chi connectivity index (χ0) is 4.50. The topological polar surface area (TPSA) is 60.7 Å². The van der Waals surface area contributed by atoms with Gasteiger partial charge in [-0.1, -0.05) is 0 Å². The molecule has 4 heteroatoms. The molecule has 3 N–H and O–H groups in total. The van der Waals surface area contributed by atoms with Crippen LogP contribution in [0.4, 0.5) is 0 Å². The molecule has 38 valence electrons. The fourth-order valence-corrected chi connectivity index (χ4v) is 0. The molecule has 0 saturated heterocycles. The van der Waals surface area contributed by atoms with Gasteiger partial charge in [0.05, 0.1) is 0 Å². The summed E-state index contributed by atoms with van der Waals surface area (Å²) in [6.07, 6.45) is 0. The van der Waals surface area contributed by atoms with Crippen molar-refractivity contribution >= 4 is 6.75 Å². The predicted octanol–water partition coefficient (Wildman–Crippen LogP) is -1.02. The van der Waals surface area contributed by atoms with Crippen LogP contribution in [0.5, 0.6) is 0 Å². The molecule has 3 nitrogen and oxygen atoms in total. The van der Waals surface area contributed by atoms with Crippen LogP contribution in [-0.4, -0.2) is 21.8 Å². The summed E-state index contributed by atoms with van der Waals surface area (Å²) < 4.78 is 0. The number of hydrogen-bond acceptors (Lipinski definition) is 3. The summed E-state index contributed by atoms with van der Waals surface area (Å²) in [7, 11) is 0. The molecule has 0 heterocycles. The van der Waals surface area contributed by atoms with Gasteiger partial charge in [-0.05, 0) is 0 Å². The van der Waals surface area contributed by atoms with Gasteiger partial charge in [0.2, 0.25) is 0 Å². The molecule has 0 rings (SSSR count). The maximum absolute atomic E-state index is 7.69. The Morgan fingerprint density at radius 3 is 1.17 bits per heavy atom. The first-order chi connectivity index (χ1) is 2.00. The lowest BCUT2D eigenvalue weighted by Gasteiger charge is -2.09. The van der Waals surface area contributed by atoms with Crippen molar-refractivity contribution in [2.24, 2.45) is 0 Å². The van der Waals surface area contributed by atoms with Crippen LogP contribution in [0.15, 0.2) is 0 Å². The van der Waals surface area contributed by atoms with E-state index in [1.54, 1.807) is 0 Å². The second kappa shape index (κ2) is 2.07. The Balaban J connectivity index is 0. The summed E-state index contributed by atoms with van der Waals surface area (Å²) in [5.41, 5.74) is 0. The highest BCUT2D eigenvalue weighted by Crippen LogP contribution is 1.75. The molecule has 0 fully saturated rings. The summed E-state index contributed by atoms with van der Waals surface area (Å²) >= 11 is 0. The van der Waals surface area contributed by atoms with Crippen LogP contribution in [0.3, 0.4) is 0 Å². The maximum atomic E-state index is 7.69. The van der Waals surface area contributed by atoms with E-state index in [0.717, 1.165) is 6.82 Å². The molecule has 0 aromatic carbocycles. The average molecular weight is 91.9 g/mol. The highest BCUT2D eigenvalue weighted by atomic mass is 16.5. The van der Waals surface area contributed by atoms with Gasteiger partial charge in [0.25, 0.3) is 0 Å². The highest BCUT2D eigenvalue weighted by Gasteiger charge is 2.01. The van der Waals surface area contributed by atoms with E-state index in [2.05, 4.69) is 0 Å². The predicted molar refractivity (Wildman–Crippen MR) is 24.7 cm³/mol. The summed E-state index contributed by atoms with van der Waals surface area (Å²) in [6.45, 7) is -2.08. The van der Waals surface area contributed by atoms with Crippen molar-refractivity contribution in [3.8, 4) is 0 Å². The van der Waals surface area contributed by atoms with E-state index in [9.17, 15) is 0 Å². The Bertz CT molecular complexity index is 24.3. The van der Waals surface area contributed by atoms with Gasteiger partial charge in [-0.2, -0.15) is 0 Å². The highest BCUT2D eigenvalue weighted by molar-refractivity contribution is 6.54. The zero-order valence-electron chi connectivity index (χ0n) is 3.92. The first-order valence-electron chi connectivity index (χ1n) is 1.35. The standard InChI is InChI=1S/CH6BO3.CH3/c1-2(3,4)5;/h3-5H,1H3;1H3/q-1;+1. The number of hydrogen-bond donors (Lipinski definition) is 3. The molecule has 0 atom stereocenters. The van der Waals surface area contributed by atoms with Crippen molar-refractivity contribution in [3.63, 3.8) is 0 Å². The second-order valence-corrected chi connectivity index (χ2v) is 1.12. The quantitative estimate of drug-likeness (QED) is 0.265. The van der Waals surface area contributed by atoms with E-state index in [0.29, 0.717) is 0 Å². The van der Waals surface area contributed by atoms with Crippen molar-refractivity contribution in [2.45, 2.75) is 6.82 Å². The van der Waals surface area contributed by atoms with Gasteiger partial charge in [-0.25, -0.2) is 0 Å². The molecule has 0 saturated carbocycles. The second-order valence-electron chi connectivity index (χ2n) is 1.12. The molecular formula is C2H9BO3. The summed E-state index contributed by atoms with van der Waals surface area (Å²) in [5, 5.41) is 23.1. The van der Waals surface area contributed by atoms with Crippen molar-refractivity contribution in [1.82, 2.24) is 0 Å². The van der Waals surface area contributed by atoms with E-state index >= 15 is 0 Å². The van der Waals surface area contributed by atoms with Crippen LogP contribution in [0.25, 0.3) is 0 Å². The van der Waals surface area contributed by atoms with Gasteiger partial charge < -0.3 is 15.1 Å². The Labute approximate surface area is 37.3 Å². The molecule has 0 bridgehead atoms. The van der Waals surface area contributed by atoms with E-state index in [1.165, 1.54) is 0 Å². The maximum Gasteiger partial charge on any atom is 0.368 e. The van der Waals surface area contributed by atoms with E-state index in [-0.39, 0.29) is 7.43 Å². The van der Waals surface area contributed by atoms with Crippen LogP contribution in [0.2, 0.25) is 6.82 Å². The van der Waals surface area contributed by atoms with Crippen molar-refractivity contribution in [1.29, 1.82) is 0 Å². The van der Waals surface area contributed by atoms with E-state index in [4.69, 9.17) is 15.1 Å². The molecule has 0 aromatic rings. The normalized spacial score (nSPS) is 10.0. The third kappa shape index (κ3) is 883. The molecule has 0 spiro atoms. The molecule has 0 aliphatic rings. The molecular weight excluding hydrogens is 82.8 g/mol. The monoisotopic (exact) mass is 92.1 g/mol. The minimum atomic E-state index is -3.00. The Morgan fingerprint density at radius 1 is 1.17 bits per heavy atom. The van der Waals surface area contributed by atoms with E-state index < -0.39 is 6.75 Å². The lowest BCUT2D eigenvalue weighted by atomic mass is 9.86. The molecule has 0 aromatic heterocycles. The third-order valence-electron chi connectivity index (χ3n) is 0. The summed E-state index contributed by atoms with van der Waals surface area (Å²) in [6, 6.07) is 0. The summed E-state index contributed by atoms with van der Waals surface area (Å²) in [4.78, 5) is 0. The Morgan fingerprint density at radius 2 is 1.17 bits per heavy atom. The molecule has 0 amide bonds. The third-order valence-corrected chi connectivity index (χ3v) is 0. The van der Waals surface area contributed by atoms with Gasteiger partial charge in [-0.15, -0.1) is 6.82 Å². The fourth-order valence-electron chi connectivity index (χ4n) is 0. The van der Waals surface area contributed by atoms with Crippen LogP contribution in [-0.2, 0) is 0 Å². The van der Waals surface area contributed by atoms with E-state index in [1.807, 2.05) is 0 Å². The van der Waals surface area contributed by atoms with Gasteiger partial charge >= 0.3 is 6.75 Å². The number of rotatable bonds is 0. The van der Waals surface area contributed by atoms with Gasteiger partial charge in [0, 0.05) is 7.43 Å². The summed E-state index contributed by atoms with van der Waals surface area (Å²) in [5.74, 6) is 0. The van der Waals surface area contributed by atoms with Crippen LogP contribution in [0.1, 0.15) is 0 Å². The molecule has 0 aliphatic carbocycles. The molecule has 6 heavy (non-hydrogen) atoms. The smallest absolute Gasteiger partial charge is 0.368 e. The van der Waals surface area contributed by atoms with Gasteiger partial charge in [0.1, 0.15) is 0 Å². The first-order valence-corrected chi connectivity index (χ1v) is 1.35. The minimum Gasteiger partial charge on any atom is -0.560 e. The van der Waals surface area contributed by atoms with Gasteiger partial charge in [-0.3, -0.25) is 0 Å². The Hall–Kier alpha value is -0.185. The van der Waals surface area contributed by atoms with Crippen LogP contribution < -0.4 is 0 Å². The van der Waals surface area contributed by atoms with Crippen LogP contribution >= 0.6 is 0 Å². The SMILES string of the molecule is C[B-](O)(O)O.[CH3+]. The van der Waals surface area contributed by atoms with Crippen LogP contribution in [0, 0.1) is 7.43 Å². The molecule has 0 radical (unpaired) electrons. The minimum absolute atomic E-state index is 0. The lowest BCUT2D eigenvalue weighted by molar-refractivity contribution is 0.239. The Kier molecular flexibility index (Phi) is 3.20. The largest absolute Gasteiger partial charge is 0.560 e. The molecule has 0 aliphatic heterocycles. The molecule has 0 unspecified atom stereocenters. The van der Waals surface area contributed by atoms with Crippen molar-refractivity contribution in [2.75, 3.05) is 0 Å². The van der Waals surface area contributed by atoms with Crippen molar-refractivity contribution in [3.05, 3.63) is 7.43 Å². The van der Waals surface area contributed by atoms with Crippen molar-refractivity contribution < 1.29 is 15.1 Å². The lowest BCUT2D eigenvalue weighted by Crippen LogP contribution is -2.28. The van der Waals surface area contributed by atoms with Gasteiger partial charge in [0.15, 0.2) is 0 Å². The average Bonchev–Trinajstić information content (AvgIpc) is 0.722. The fraction of sp³-hybridized carbons (Fsp3) is 0.500. The first kappa shape index (κ1) is 9.26.